The third-order valence-electron chi connectivity index (χ3n) is 3.11. The van der Waals surface area contributed by atoms with Crippen LogP contribution in [0.5, 0.6) is 0 Å². The SMILES string of the molecule is O=C1OC[C@@H]2[C@H]1[C@H]2c1ccc(Cl)cc1. The molecule has 0 bridgehead atoms. The van der Waals surface area contributed by atoms with Gasteiger partial charge in [0.05, 0.1) is 12.5 Å². The monoisotopic (exact) mass is 208 g/mol. The van der Waals surface area contributed by atoms with Gasteiger partial charge in [-0.3, -0.25) is 4.79 Å². The molecule has 0 N–H and O–H groups in total. The molecule has 3 atom stereocenters. The first-order valence-corrected chi connectivity index (χ1v) is 5.07. The molecule has 1 aliphatic heterocycles. The van der Waals surface area contributed by atoms with Crippen LogP contribution in [0.25, 0.3) is 0 Å². The summed E-state index contributed by atoms with van der Waals surface area (Å²) in [5.41, 5.74) is 1.21. The van der Waals surface area contributed by atoms with E-state index >= 15 is 0 Å². The largest absolute Gasteiger partial charge is 0.465 e. The second-order valence-corrected chi connectivity index (χ2v) is 4.33. The Morgan fingerprint density at radius 2 is 1.93 bits per heavy atom. The van der Waals surface area contributed by atoms with Crippen LogP contribution >= 0.6 is 11.6 Å². The summed E-state index contributed by atoms with van der Waals surface area (Å²) in [5.74, 6) is 0.892. The summed E-state index contributed by atoms with van der Waals surface area (Å²) >= 11 is 5.79. The summed E-state index contributed by atoms with van der Waals surface area (Å²) in [5, 5.41) is 0.738. The molecule has 1 heterocycles. The van der Waals surface area contributed by atoms with E-state index in [-0.39, 0.29) is 11.9 Å². The highest BCUT2D eigenvalue weighted by molar-refractivity contribution is 6.30. The molecule has 1 saturated heterocycles. The summed E-state index contributed by atoms with van der Waals surface area (Å²) in [7, 11) is 0. The van der Waals surface area contributed by atoms with Crippen molar-refractivity contribution in [3.8, 4) is 0 Å². The fourth-order valence-electron chi connectivity index (χ4n) is 2.32. The van der Waals surface area contributed by atoms with Crippen LogP contribution in [0.1, 0.15) is 11.5 Å². The molecule has 3 rings (SSSR count). The van der Waals surface area contributed by atoms with Gasteiger partial charge in [0, 0.05) is 16.9 Å². The van der Waals surface area contributed by atoms with Crippen LogP contribution in [0.3, 0.4) is 0 Å². The number of ether oxygens (including phenoxy) is 1. The van der Waals surface area contributed by atoms with Crippen LogP contribution in [0.4, 0.5) is 0 Å². The van der Waals surface area contributed by atoms with Crippen LogP contribution in [-0.2, 0) is 9.53 Å². The van der Waals surface area contributed by atoms with Gasteiger partial charge < -0.3 is 4.74 Å². The number of hydrogen-bond donors (Lipinski definition) is 0. The molecule has 1 aromatic carbocycles. The maximum Gasteiger partial charge on any atom is 0.310 e. The van der Waals surface area contributed by atoms with Crippen LogP contribution in [0.15, 0.2) is 24.3 Å². The quantitative estimate of drug-likeness (QED) is 0.662. The molecule has 2 aliphatic rings. The van der Waals surface area contributed by atoms with E-state index in [1.807, 2.05) is 24.3 Å². The van der Waals surface area contributed by atoms with E-state index in [0.717, 1.165) is 5.02 Å². The van der Waals surface area contributed by atoms with Gasteiger partial charge in [-0.2, -0.15) is 0 Å². The number of esters is 1. The molecule has 0 radical (unpaired) electrons. The molecule has 0 amide bonds. The Labute approximate surface area is 86.8 Å². The highest BCUT2D eigenvalue weighted by Gasteiger charge is 2.60. The number of cyclic esters (lactones) is 1. The molecule has 1 aliphatic carbocycles. The molecule has 3 heteroatoms. The number of carbonyl (C=O) groups excluding carboxylic acids is 1. The van der Waals surface area contributed by atoms with Gasteiger partial charge in [0.2, 0.25) is 0 Å². The van der Waals surface area contributed by atoms with E-state index in [1.165, 1.54) is 5.56 Å². The van der Waals surface area contributed by atoms with Gasteiger partial charge in [-0.05, 0) is 17.7 Å². The zero-order chi connectivity index (χ0) is 9.71. The summed E-state index contributed by atoms with van der Waals surface area (Å²) in [4.78, 5) is 11.2. The molecule has 0 unspecified atom stereocenters. The van der Waals surface area contributed by atoms with Crippen molar-refractivity contribution in [2.24, 2.45) is 11.8 Å². The normalized spacial score (nSPS) is 33.8. The van der Waals surface area contributed by atoms with Crippen molar-refractivity contribution >= 4 is 17.6 Å². The number of benzene rings is 1. The van der Waals surface area contributed by atoms with Crippen LogP contribution in [0, 0.1) is 11.8 Å². The molecule has 1 aromatic rings. The van der Waals surface area contributed by atoms with Crippen molar-refractivity contribution in [1.82, 2.24) is 0 Å². The average molecular weight is 209 g/mol. The van der Waals surface area contributed by atoms with Gasteiger partial charge in [0.15, 0.2) is 0 Å². The molecular formula is C11H9ClO2. The Balaban J connectivity index is 1.86. The van der Waals surface area contributed by atoms with Gasteiger partial charge in [-0.1, -0.05) is 23.7 Å². The lowest BCUT2D eigenvalue weighted by Crippen LogP contribution is -2.04. The Hall–Kier alpha value is -1.02. The predicted molar refractivity (Wildman–Crippen MR) is 52.1 cm³/mol. The predicted octanol–water partition coefficient (Wildman–Crippen LogP) is 2.23. The number of halogens is 1. The van der Waals surface area contributed by atoms with Gasteiger partial charge in [0.1, 0.15) is 0 Å². The van der Waals surface area contributed by atoms with Gasteiger partial charge in [-0.25, -0.2) is 0 Å². The van der Waals surface area contributed by atoms with Crippen molar-refractivity contribution in [3.05, 3.63) is 34.9 Å². The molecule has 0 spiro atoms. The first kappa shape index (κ1) is 8.30. The lowest BCUT2D eigenvalue weighted by atomic mass is 10.1. The Kier molecular flexibility index (Phi) is 1.62. The van der Waals surface area contributed by atoms with Crippen molar-refractivity contribution in [2.75, 3.05) is 6.61 Å². The first-order chi connectivity index (χ1) is 6.77. The van der Waals surface area contributed by atoms with Crippen molar-refractivity contribution in [1.29, 1.82) is 0 Å². The second kappa shape index (κ2) is 2.74. The molecule has 1 saturated carbocycles. The van der Waals surface area contributed by atoms with Gasteiger partial charge >= 0.3 is 5.97 Å². The fraction of sp³-hybridized carbons (Fsp3) is 0.364. The molecule has 0 aromatic heterocycles. The highest BCUT2D eigenvalue weighted by Crippen LogP contribution is 2.58. The summed E-state index contributed by atoms with van der Waals surface area (Å²) in [6.07, 6.45) is 0. The molecule has 14 heavy (non-hydrogen) atoms. The van der Waals surface area contributed by atoms with E-state index in [0.29, 0.717) is 18.4 Å². The minimum absolute atomic E-state index is 0.0325. The van der Waals surface area contributed by atoms with E-state index < -0.39 is 0 Å². The van der Waals surface area contributed by atoms with Crippen molar-refractivity contribution in [2.45, 2.75) is 5.92 Å². The zero-order valence-electron chi connectivity index (χ0n) is 7.44. The molecule has 2 fully saturated rings. The molecule has 72 valence electrons. The number of rotatable bonds is 1. The number of fused-ring (bicyclic) bond motifs is 1. The van der Waals surface area contributed by atoms with Crippen molar-refractivity contribution in [3.63, 3.8) is 0 Å². The lowest BCUT2D eigenvalue weighted by Gasteiger charge is -2.03. The maximum absolute atomic E-state index is 11.2. The Morgan fingerprint density at radius 1 is 1.21 bits per heavy atom. The van der Waals surface area contributed by atoms with Crippen LogP contribution in [-0.4, -0.2) is 12.6 Å². The summed E-state index contributed by atoms with van der Waals surface area (Å²) in [6, 6.07) is 7.74. The fourth-order valence-corrected chi connectivity index (χ4v) is 2.44. The second-order valence-electron chi connectivity index (χ2n) is 3.90. The highest BCUT2D eigenvalue weighted by atomic mass is 35.5. The maximum atomic E-state index is 11.2. The van der Waals surface area contributed by atoms with E-state index in [2.05, 4.69) is 0 Å². The third kappa shape index (κ3) is 1.07. The standard InChI is InChI=1S/C11H9ClO2/c12-7-3-1-6(2-4-7)9-8-5-14-11(13)10(8)9/h1-4,8-10H,5H2/t8-,9-,10-/m0/s1. The van der Waals surface area contributed by atoms with Gasteiger partial charge in [0.25, 0.3) is 0 Å². The van der Waals surface area contributed by atoms with Crippen LogP contribution in [0.2, 0.25) is 5.02 Å². The smallest absolute Gasteiger partial charge is 0.310 e. The van der Waals surface area contributed by atoms with Gasteiger partial charge in [-0.15, -0.1) is 0 Å². The van der Waals surface area contributed by atoms with E-state index in [9.17, 15) is 4.79 Å². The van der Waals surface area contributed by atoms with E-state index in [4.69, 9.17) is 16.3 Å². The minimum Gasteiger partial charge on any atom is -0.465 e. The van der Waals surface area contributed by atoms with E-state index in [1.54, 1.807) is 0 Å². The number of hydrogen-bond acceptors (Lipinski definition) is 2. The average Bonchev–Trinajstić information content (AvgIpc) is 2.79. The lowest BCUT2D eigenvalue weighted by molar-refractivity contribution is -0.141. The Bertz CT molecular complexity index is 385. The summed E-state index contributed by atoms with van der Waals surface area (Å²) < 4.78 is 4.93. The summed E-state index contributed by atoms with van der Waals surface area (Å²) in [6.45, 7) is 0.594. The first-order valence-electron chi connectivity index (χ1n) is 4.69. The Morgan fingerprint density at radius 3 is 2.50 bits per heavy atom. The minimum atomic E-state index is -0.0325. The molecule has 2 nitrogen and oxygen atoms in total. The zero-order valence-corrected chi connectivity index (χ0v) is 8.20. The topological polar surface area (TPSA) is 26.3 Å². The molecular weight excluding hydrogens is 200 g/mol. The number of carbonyl (C=O) groups is 1. The van der Waals surface area contributed by atoms with Crippen LogP contribution < -0.4 is 0 Å². The van der Waals surface area contributed by atoms with Crippen molar-refractivity contribution < 1.29 is 9.53 Å². The third-order valence-corrected chi connectivity index (χ3v) is 3.37.